The zero-order valence-electron chi connectivity index (χ0n) is 15.7. The van der Waals surface area contributed by atoms with E-state index < -0.39 is 6.09 Å². The number of hydrogen-bond acceptors (Lipinski definition) is 4. The highest BCUT2D eigenvalue weighted by molar-refractivity contribution is 5.92. The number of carbonyl (C=O) groups is 3. The Labute approximate surface area is 155 Å². The fraction of sp³-hybridized carbons (Fsp3) is 0.476. The maximum Gasteiger partial charge on any atom is 0.407 e. The molecule has 1 atom stereocenters. The average molecular weight is 359 g/mol. The van der Waals surface area contributed by atoms with Crippen molar-refractivity contribution in [3.05, 3.63) is 48.0 Å². The van der Waals surface area contributed by atoms with Crippen molar-refractivity contribution in [2.45, 2.75) is 65.0 Å². The summed E-state index contributed by atoms with van der Waals surface area (Å²) in [5.41, 5.74) is 0.925. The number of alkyl carbamates (subject to hydrolysis) is 1. The Hall–Kier alpha value is -2.43. The predicted octanol–water partition coefficient (Wildman–Crippen LogP) is 4.36. The highest BCUT2D eigenvalue weighted by Gasteiger charge is 2.08. The molecule has 1 rings (SSSR count). The fourth-order valence-corrected chi connectivity index (χ4v) is 2.27. The van der Waals surface area contributed by atoms with Crippen molar-refractivity contribution in [3.63, 3.8) is 0 Å². The van der Waals surface area contributed by atoms with Gasteiger partial charge in [0.2, 0.25) is 0 Å². The van der Waals surface area contributed by atoms with Crippen LogP contribution in [0.2, 0.25) is 0 Å². The summed E-state index contributed by atoms with van der Waals surface area (Å²) in [6.45, 7) is 4.10. The molecule has 1 aromatic rings. The number of Topliss-reactive ketones (excluding diaryl/α,β-unsaturated/α-hetero) is 1. The predicted molar refractivity (Wildman–Crippen MR) is 102 cm³/mol. The van der Waals surface area contributed by atoms with Crippen molar-refractivity contribution < 1.29 is 19.1 Å². The van der Waals surface area contributed by atoms with E-state index in [2.05, 4.69) is 5.32 Å². The van der Waals surface area contributed by atoms with Gasteiger partial charge in [0, 0.05) is 25.3 Å². The van der Waals surface area contributed by atoms with Crippen molar-refractivity contribution in [1.29, 1.82) is 0 Å². The first-order valence-corrected chi connectivity index (χ1v) is 9.19. The van der Waals surface area contributed by atoms with Gasteiger partial charge in [0.15, 0.2) is 5.78 Å². The minimum atomic E-state index is -0.484. The maximum atomic E-state index is 11.7. The molecule has 0 aliphatic carbocycles. The highest BCUT2D eigenvalue weighted by Crippen LogP contribution is 2.04. The molecule has 1 aromatic carbocycles. The van der Waals surface area contributed by atoms with E-state index in [0.29, 0.717) is 19.3 Å². The molecule has 5 nitrogen and oxygen atoms in total. The Bertz CT molecular complexity index is 595. The Morgan fingerprint density at radius 1 is 1.12 bits per heavy atom. The molecule has 142 valence electrons. The van der Waals surface area contributed by atoms with Crippen molar-refractivity contribution in [1.82, 2.24) is 5.32 Å². The van der Waals surface area contributed by atoms with Gasteiger partial charge in [0.05, 0.1) is 0 Å². The second kappa shape index (κ2) is 12.9. The minimum absolute atomic E-state index is 0.0614. The van der Waals surface area contributed by atoms with Crippen LogP contribution in [0, 0.1) is 0 Å². The number of hydrogen-bond donors (Lipinski definition) is 1. The number of ether oxygens (including phenoxy) is 1. The lowest BCUT2D eigenvalue weighted by molar-refractivity contribution is -0.122. The molecule has 0 spiro atoms. The molecule has 26 heavy (non-hydrogen) atoms. The third-order valence-corrected chi connectivity index (χ3v) is 3.83. The van der Waals surface area contributed by atoms with E-state index in [1.165, 1.54) is 6.08 Å². The SMILES string of the molecule is CCCCC(=O)CCC(=O)/C=C/C[C@H](C)NC(=O)OCc1ccccc1. The number of benzene rings is 1. The van der Waals surface area contributed by atoms with Gasteiger partial charge in [-0.1, -0.05) is 49.8 Å². The second-order valence-corrected chi connectivity index (χ2v) is 6.35. The Morgan fingerprint density at radius 3 is 2.54 bits per heavy atom. The van der Waals surface area contributed by atoms with Gasteiger partial charge >= 0.3 is 6.09 Å². The normalized spacial score (nSPS) is 11.9. The van der Waals surface area contributed by atoms with E-state index in [-0.39, 0.29) is 30.6 Å². The number of ketones is 2. The molecule has 0 heterocycles. The summed E-state index contributed by atoms with van der Waals surface area (Å²) >= 11 is 0. The van der Waals surface area contributed by atoms with Gasteiger partial charge in [0.1, 0.15) is 12.4 Å². The topological polar surface area (TPSA) is 72.5 Å². The van der Waals surface area contributed by atoms with Crippen LogP contribution >= 0.6 is 0 Å². The average Bonchev–Trinajstić information content (AvgIpc) is 2.63. The molecule has 0 aliphatic heterocycles. The van der Waals surface area contributed by atoms with Crippen LogP contribution < -0.4 is 5.32 Å². The van der Waals surface area contributed by atoms with Crippen LogP contribution in [0.3, 0.4) is 0 Å². The summed E-state index contributed by atoms with van der Waals surface area (Å²) in [4.78, 5) is 35.0. The Kier molecular flexibility index (Phi) is 10.7. The monoisotopic (exact) mass is 359 g/mol. The lowest BCUT2D eigenvalue weighted by atomic mass is 10.1. The summed E-state index contributed by atoms with van der Waals surface area (Å²) in [7, 11) is 0. The molecule has 1 amide bonds. The first-order chi connectivity index (χ1) is 12.5. The third kappa shape index (κ3) is 10.4. The molecular formula is C21H29NO4. The number of nitrogens with one attached hydrogen (secondary N) is 1. The number of carbonyl (C=O) groups excluding carboxylic acids is 3. The Balaban J connectivity index is 2.18. The number of rotatable bonds is 12. The standard InChI is InChI=1S/C21H29NO4/c1-3-4-12-19(23)14-15-20(24)13-8-9-17(2)22-21(25)26-16-18-10-6-5-7-11-18/h5-8,10-11,13,17H,3-4,9,12,14-16H2,1-2H3,(H,22,25)/b13-8+/t17-/m0/s1. The van der Waals surface area contributed by atoms with Gasteiger partial charge in [-0.25, -0.2) is 4.79 Å². The van der Waals surface area contributed by atoms with E-state index in [1.54, 1.807) is 6.08 Å². The number of allylic oxidation sites excluding steroid dienone is 1. The maximum absolute atomic E-state index is 11.7. The molecule has 5 heteroatoms. The molecule has 1 N–H and O–H groups in total. The summed E-state index contributed by atoms with van der Waals surface area (Å²) in [6, 6.07) is 9.31. The summed E-state index contributed by atoms with van der Waals surface area (Å²) in [5, 5.41) is 2.72. The van der Waals surface area contributed by atoms with Crippen LogP contribution in [0.15, 0.2) is 42.5 Å². The largest absolute Gasteiger partial charge is 0.445 e. The van der Waals surface area contributed by atoms with Crippen LogP contribution in [0.4, 0.5) is 4.79 Å². The van der Waals surface area contributed by atoms with Crippen LogP contribution in [0.1, 0.15) is 57.9 Å². The zero-order chi connectivity index (χ0) is 19.2. The van der Waals surface area contributed by atoms with E-state index in [9.17, 15) is 14.4 Å². The molecule has 0 aliphatic rings. The molecule has 0 fully saturated rings. The van der Waals surface area contributed by atoms with Gasteiger partial charge in [0.25, 0.3) is 0 Å². The van der Waals surface area contributed by atoms with Gasteiger partial charge in [-0.05, 0) is 31.4 Å². The lowest BCUT2D eigenvalue weighted by Gasteiger charge is -2.12. The smallest absolute Gasteiger partial charge is 0.407 e. The molecule has 0 radical (unpaired) electrons. The highest BCUT2D eigenvalue weighted by atomic mass is 16.5. The molecule has 0 unspecified atom stereocenters. The van der Waals surface area contributed by atoms with E-state index in [1.807, 2.05) is 44.2 Å². The van der Waals surface area contributed by atoms with Crippen LogP contribution in [-0.4, -0.2) is 23.7 Å². The molecule has 0 bridgehead atoms. The van der Waals surface area contributed by atoms with Crippen molar-refractivity contribution >= 4 is 17.7 Å². The van der Waals surface area contributed by atoms with E-state index in [4.69, 9.17) is 4.74 Å². The molecule has 0 saturated carbocycles. The van der Waals surface area contributed by atoms with Gasteiger partial charge in [-0.15, -0.1) is 0 Å². The van der Waals surface area contributed by atoms with Gasteiger partial charge < -0.3 is 10.1 Å². The second-order valence-electron chi connectivity index (χ2n) is 6.35. The number of amides is 1. The van der Waals surface area contributed by atoms with E-state index >= 15 is 0 Å². The summed E-state index contributed by atoms with van der Waals surface area (Å²) in [5.74, 6) is 0.0819. The van der Waals surface area contributed by atoms with Crippen molar-refractivity contribution in [2.24, 2.45) is 0 Å². The first kappa shape index (κ1) is 21.6. The van der Waals surface area contributed by atoms with Crippen molar-refractivity contribution in [3.8, 4) is 0 Å². The first-order valence-electron chi connectivity index (χ1n) is 9.19. The lowest BCUT2D eigenvalue weighted by Crippen LogP contribution is -2.32. The minimum Gasteiger partial charge on any atom is -0.445 e. The van der Waals surface area contributed by atoms with Crippen LogP contribution in [0.5, 0.6) is 0 Å². The van der Waals surface area contributed by atoms with Crippen LogP contribution in [0.25, 0.3) is 0 Å². The van der Waals surface area contributed by atoms with Gasteiger partial charge in [-0.2, -0.15) is 0 Å². The van der Waals surface area contributed by atoms with Crippen molar-refractivity contribution in [2.75, 3.05) is 0 Å². The summed E-state index contributed by atoms with van der Waals surface area (Å²) < 4.78 is 5.14. The number of unbranched alkanes of at least 4 members (excludes halogenated alkanes) is 1. The quantitative estimate of drug-likeness (QED) is 0.563. The summed E-state index contributed by atoms with van der Waals surface area (Å²) in [6.07, 6.45) is 6.23. The molecular weight excluding hydrogens is 330 g/mol. The zero-order valence-corrected chi connectivity index (χ0v) is 15.7. The fourth-order valence-electron chi connectivity index (χ4n) is 2.27. The van der Waals surface area contributed by atoms with Crippen LogP contribution in [-0.2, 0) is 20.9 Å². The van der Waals surface area contributed by atoms with E-state index in [0.717, 1.165) is 18.4 Å². The Morgan fingerprint density at radius 2 is 1.85 bits per heavy atom. The van der Waals surface area contributed by atoms with Gasteiger partial charge in [-0.3, -0.25) is 9.59 Å². The molecule has 0 aromatic heterocycles. The third-order valence-electron chi connectivity index (χ3n) is 3.83. The molecule has 0 saturated heterocycles.